The fourth-order valence-electron chi connectivity index (χ4n) is 1.61. The van der Waals surface area contributed by atoms with Gasteiger partial charge in [0, 0.05) is 10.9 Å². The molecule has 0 unspecified atom stereocenters. The molecule has 0 atom stereocenters. The van der Waals surface area contributed by atoms with Crippen LogP contribution in [0.4, 0.5) is 10.5 Å². The first-order valence-corrected chi connectivity index (χ1v) is 7.40. The number of hydrogen-bond donors (Lipinski definition) is 1. The molecule has 2 aromatic carbocycles. The van der Waals surface area contributed by atoms with Crippen LogP contribution in [0.25, 0.3) is 0 Å². The van der Waals surface area contributed by atoms with E-state index in [0.29, 0.717) is 21.6 Å². The van der Waals surface area contributed by atoms with Crippen molar-refractivity contribution in [3.63, 3.8) is 0 Å². The van der Waals surface area contributed by atoms with Gasteiger partial charge < -0.3 is 4.74 Å². The van der Waals surface area contributed by atoms with Gasteiger partial charge in [0.25, 0.3) is 0 Å². The van der Waals surface area contributed by atoms with E-state index in [-0.39, 0.29) is 6.61 Å². The SMILES string of the molecule is O=C(Nc1cc(Cl)ccc1Cl)OCc1ccc(CCl)cc1. The number of hydrogen-bond acceptors (Lipinski definition) is 2. The van der Waals surface area contributed by atoms with Crippen LogP contribution in [0.15, 0.2) is 42.5 Å². The molecule has 0 fully saturated rings. The standard InChI is InChI=1S/C15H12Cl3NO2/c16-8-10-1-3-11(4-2-10)9-21-15(20)19-14-7-12(17)5-6-13(14)18/h1-7H,8-9H2,(H,19,20). The summed E-state index contributed by atoms with van der Waals surface area (Å²) in [6.07, 6.45) is -0.597. The Bertz CT molecular complexity index is 629. The lowest BCUT2D eigenvalue weighted by atomic mass is 10.2. The third-order valence-electron chi connectivity index (χ3n) is 2.71. The van der Waals surface area contributed by atoms with Gasteiger partial charge in [0.05, 0.1) is 10.7 Å². The lowest BCUT2D eigenvalue weighted by molar-refractivity contribution is 0.155. The van der Waals surface area contributed by atoms with E-state index in [1.807, 2.05) is 24.3 Å². The highest BCUT2D eigenvalue weighted by Gasteiger charge is 2.07. The highest BCUT2D eigenvalue weighted by Crippen LogP contribution is 2.25. The summed E-state index contributed by atoms with van der Waals surface area (Å²) >= 11 is 17.5. The zero-order valence-corrected chi connectivity index (χ0v) is 13.2. The summed E-state index contributed by atoms with van der Waals surface area (Å²) in [5, 5.41) is 3.41. The van der Waals surface area contributed by atoms with Crippen molar-refractivity contribution in [2.24, 2.45) is 0 Å². The summed E-state index contributed by atoms with van der Waals surface area (Å²) in [6.45, 7) is 0.159. The van der Waals surface area contributed by atoms with E-state index in [4.69, 9.17) is 39.5 Å². The second kappa shape index (κ2) is 7.55. The number of anilines is 1. The van der Waals surface area contributed by atoms with Crippen LogP contribution in [0, 0.1) is 0 Å². The Balaban J connectivity index is 1.91. The largest absolute Gasteiger partial charge is 0.444 e. The predicted octanol–water partition coefficient (Wildman–Crippen LogP) is 5.48. The Labute approximate surface area is 137 Å². The second-order valence-electron chi connectivity index (χ2n) is 4.28. The van der Waals surface area contributed by atoms with Gasteiger partial charge in [0.15, 0.2) is 0 Å². The van der Waals surface area contributed by atoms with E-state index in [2.05, 4.69) is 5.32 Å². The smallest absolute Gasteiger partial charge is 0.412 e. The minimum absolute atomic E-state index is 0.159. The first kappa shape index (κ1) is 16.0. The van der Waals surface area contributed by atoms with Gasteiger partial charge in [-0.25, -0.2) is 4.79 Å². The zero-order chi connectivity index (χ0) is 15.2. The third kappa shape index (κ3) is 4.81. The summed E-state index contributed by atoms with van der Waals surface area (Å²) in [4.78, 5) is 11.7. The molecular formula is C15H12Cl3NO2. The molecule has 6 heteroatoms. The first-order chi connectivity index (χ1) is 10.1. The van der Waals surface area contributed by atoms with E-state index in [0.717, 1.165) is 11.1 Å². The molecule has 3 nitrogen and oxygen atoms in total. The van der Waals surface area contributed by atoms with E-state index in [1.165, 1.54) is 0 Å². The van der Waals surface area contributed by atoms with Crippen molar-refractivity contribution < 1.29 is 9.53 Å². The Morgan fingerprint density at radius 1 is 1.05 bits per heavy atom. The van der Waals surface area contributed by atoms with Crippen molar-refractivity contribution in [3.8, 4) is 0 Å². The van der Waals surface area contributed by atoms with Gasteiger partial charge in [0.1, 0.15) is 6.61 Å². The molecule has 0 bridgehead atoms. The summed E-state index contributed by atoms with van der Waals surface area (Å²) in [7, 11) is 0. The van der Waals surface area contributed by atoms with Crippen molar-refractivity contribution >= 4 is 46.6 Å². The maximum Gasteiger partial charge on any atom is 0.412 e. The molecule has 0 heterocycles. The van der Waals surface area contributed by atoms with E-state index in [1.54, 1.807) is 18.2 Å². The lowest BCUT2D eigenvalue weighted by Gasteiger charge is -2.09. The molecule has 0 saturated heterocycles. The molecule has 21 heavy (non-hydrogen) atoms. The molecule has 2 rings (SSSR count). The number of rotatable bonds is 4. The van der Waals surface area contributed by atoms with Crippen molar-refractivity contribution in [1.82, 2.24) is 0 Å². The number of carbonyl (C=O) groups excluding carboxylic acids is 1. The summed E-state index contributed by atoms with van der Waals surface area (Å²) in [5.74, 6) is 0.453. The fourth-order valence-corrected chi connectivity index (χ4v) is 2.13. The third-order valence-corrected chi connectivity index (χ3v) is 3.59. The van der Waals surface area contributed by atoms with Crippen LogP contribution in [0.3, 0.4) is 0 Å². The molecule has 0 aliphatic heterocycles. The Morgan fingerprint density at radius 2 is 1.71 bits per heavy atom. The van der Waals surface area contributed by atoms with Crippen molar-refractivity contribution in [3.05, 3.63) is 63.6 Å². The number of amides is 1. The Hall–Kier alpha value is -1.42. The van der Waals surface area contributed by atoms with Gasteiger partial charge >= 0.3 is 6.09 Å². The molecule has 1 N–H and O–H groups in total. The summed E-state index contributed by atoms with van der Waals surface area (Å²) in [5.41, 5.74) is 2.29. The fraction of sp³-hybridized carbons (Fsp3) is 0.133. The Morgan fingerprint density at radius 3 is 2.38 bits per heavy atom. The van der Waals surface area contributed by atoms with Gasteiger partial charge in [-0.05, 0) is 29.3 Å². The van der Waals surface area contributed by atoms with Gasteiger partial charge in [-0.2, -0.15) is 0 Å². The predicted molar refractivity (Wildman–Crippen MR) is 86.3 cm³/mol. The first-order valence-electron chi connectivity index (χ1n) is 6.11. The van der Waals surface area contributed by atoms with Crippen molar-refractivity contribution in [2.75, 3.05) is 5.32 Å². The monoisotopic (exact) mass is 343 g/mol. The second-order valence-corrected chi connectivity index (χ2v) is 5.39. The average molecular weight is 345 g/mol. The maximum atomic E-state index is 11.7. The molecule has 110 valence electrons. The number of alkyl halides is 1. The highest BCUT2D eigenvalue weighted by atomic mass is 35.5. The minimum atomic E-state index is -0.597. The van der Waals surface area contributed by atoms with Crippen LogP contribution >= 0.6 is 34.8 Å². The lowest BCUT2D eigenvalue weighted by Crippen LogP contribution is -2.13. The van der Waals surface area contributed by atoms with Gasteiger partial charge in [-0.15, -0.1) is 11.6 Å². The van der Waals surface area contributed by atoms with Crippen molar-refractivity contribution in [2.45, 2.75) is 12.5 Å². The molecule has 1 amide bonds. The minimum Gasteiger partial charge on any atom is -0.444 e. The van der Waals surface area contributed by atoms with Crippen LogP contribution in [0.5, 0.6) is 0 Å². The van der Waals surface area contributed by atoms with Gasteiger partial charge in [0.2, 0.25) is 0 Å². The van der Waals surface area contributed by atoms with Crippen LogP contribution in [-0.4, -0.2) is 6.09 Å². The number of halogens is 3. The van der Waals surface area contributed by atoms with Gasteiger partial charge in [-0.3, -0.25) is 5.32 Å². The molecule has 0 aliphatic rings. The average Bonchev–Trinajstić information content (AvgIpc) is 2.49. The molecule has 0 radical (unpaired) electrons. The molecule has 0 aromatic heterocycles. The molecule has 0 aliphatic carbocycles. The quantitative estimate of drug-likeness (QED) is 0.746. The number of carbonyl (C=O) groups is 1. The highest BCUT2D eigenvalue weighted by molar-refractivity contribution is 6.35. The molecule has 2 aromatic rings. The number of ether oxygens (including phenoxy) is 1. The number of nitrogens with one attached hydrogen (secondary N) is 1. The van der Waals surface area contributed by atoms with E-state index >= 15 is 0 Å². The molecule has 0 spiro atoms. The van der Waals surface area contributed by atoms with Crippen LogP contribution in [-0.2, 0) is 17.2 Å². The van der Waals surface area contributed by atoms with Crippen LogP contribution in [0.1, 0.15) is 11.1 Å². The van der Waals surface area contributed by atoms with E-state index in [9.17, 15) is 4.79 Å². The van der Waals surface area contributed by atoms with Crippen molar-refractivity contribution in [1.29, 1.82) is 0 Å². The topological polar surface area (TPSA) is 38.3 Å². The number of benzene rings is 2. The summed E-state index contributed by atoms with van der Waals surface area (Å²) in [6, 6.07) is 12.3. The maximum absolute atomic E-state index is 11.7. The summed E-state index contributed by atoms with van der Waals surface area (Å²) < 4.78 is 5.12. The van der Waals surface area contributed by atoms with Crippen LogP contribution < -0.4 is 5.32 Å². The normalized spacial score (nSPS) is 10.2. The molecule has 0 saturated carbocycles. The van der Waals surface area contributed by atoms with Crippen LogP contribution in [0.2, 0.25) is 10.0 Å². The van der Waals surface area contributed by atoms with E-state index < -0.39 is 6.09 Å². The zero-order valence-electron chi connectivity index (χ0n) is 10.9. The van der Waals surface area contributed by atoms with Gasteiger partial charge in [-0.1, -0.05) is 47.5 Å². The molecular weight excluding hydrogens is 333 g/mol. The Kier molecular flexibility index (Phi) is 5.74.